The number of carbonyl (C=O) groups excluding carboxylic acids is 1. The van der Waals surface area contributed by atoms with Gasteiger partial charge in [0.1, 0.15) is 17.5 Å². The molecule has 0 spiro atoms. The van der Waals surface area contributed by atoms with Gasteiger partial charge in [0, 0.05) is 53.2 Å². The maximum atomic E-state index is 14.8. The molecule has 1 saturated heterocycles. The Morgan fingerprint density at radius 1 is 0.951 bits per heavy atom. The summed E-state index contributed by atoms with van der Waals surface area (Å²) in [5.41, 5.74) is 4.34. The van der Waals surface area contributed by atoms with Crippen LogP contribution in [0.1, 0.15) is 40.9 Å². The van der Waals surface area contributed by atoms with Crippen LogP contribution in [-0.2, 0) is 6.54 Å². The molecule has 41 heavy (non-hydrogen) atoms. The van der Waals surface area contributed by atoms with Crippen molar-refractivity contribution in [1.82, 2.24) is 15.2 Å². The van der Waals surface area contributed by atoms with Gasteiger partial charge in [-0.15, -0.1) is 0 Å². The third-order valence-electron chi connectivity index (χ3n) is 7.37. The zero-order valence-corrected chi connectivity index (χ0v) is 23.3. The summed E-state index contributed by atoms with van der Waals surface area (Å²) in [7, 11) is 0. The minimum absolute atomic E-state index is 0.0114. The first-order valence-corrected chi connectivity index (χ1v) is 13.8. The summed E-state index contributed by atoms with van der Waals surface area (Å²) in [5.74, 6) is -0.792. The van der Waals surface area contributed by atoms with Crippen LogP contribution < -0.4 is 10.6 Å². The van der Waals surface area contributed by atoms with Gasteiger partial charge in [-0.05, 0) is 85.1 Å². The van der Waals surface area contributed by atoms with Crippen LogP contribution in [0.3, 0.4) is 0 Å². The van der Waals surface area contributed by atoms with Crippen molar-refractivity contribution in [2.75, 3.05) is 18.4 Å². The first kappa shape index (κ1) is 27.1. The van der Waals surface area contributed by atoms with E-state index >= 15 is 0 Å². The van der Waals surface area contributed by atoms with Crippen LogP contribution in [-0.4, -0.2) is 46.7 Å². The number of aliphatic imine (C=N–C) groups is 1. The van der Waals surface area contributed by atoms with Crippen molar-refractivity contribution < 1.29 is 13.6 Å². The summed E-state index contributed by atoms with van der Waals surface area (Å²) >= 11 is 6.33. The first-order valence-electron chi connectivity index (χ1n) is 13.5. The number of amides is 1. The standard InChI is InChI=1S/C32H28ClF2N5O/c1-18-16-40(17-19(2)38-18)32(41)20-6-9-23(10-7-20)39-29-13-25-21(14-36-29)15-37-31(26-12-22(33)8-11-24(25)26)30-27(34)4-3-5-28(30)35/h3-14,18-19,38H,15-17H2,1-2H3,(H,36,39). The Labute approximate surface area is 242 Å². The quantitative estimate of drug-likeness (QED) is 0.290. The van der Waals surface area contributed by atoms with Crippen molar-refractivity contribution in [2.45, 2.75) is 32.5 Å². The van der Waals surface area contributed by atoms with Gasteiger partial charge in [0.2, 0.25) is 0 Å². The van der Waals surface area contributed by atoms with Gasteiger partial charge in [0.25, 0.3) is 5.91 Å². The number of piperazine rings is 1. The number of anilines is 2. The molecule has 2 aliphatic rings. The summed E-state index contributed by atoms with van der Waals surface area (Å²) in [5, 5.41) is 7.19. The fraction of sp³-hybridized carbons (Fsp3) is 0.219. The van der Waals surface area contributed by atoms with Crippen LogP contribution in [0.4, 0.5) is 20.3 Å². The van der Waals surface area contributed by atoms with E-state index in [2.05, 4.69) is 34.5 Å². The van der Waals surface area contributed by atoms with Crippen molar-refractivity contribution in [3.05, 3.63) is 112 Å². The number of benzene rings is 3. The van der Waals surface area contributed by atoms with Gasteiger partial charge < -0.3 is 15.5 Å². The smallest absolute Gasteiger partial charge is 0.253 e. The van der Waals surface area contributed by atoms with E-state index in [1.54, 1.807) is 18.3 Å². The number of aromatic nitrogens is 1. The number of halogens is 3. The summed E-state index contributed by atoms with van der Waals surface area (Å²) in [6.07, 6.45) is 1.71. The largest absolute Gasteiger partial charge is 0.340 e. The van der Waals surface area contributed by atoms with Crippen LogP contribution in [0.2, 0.25) is 5.02 Å². The highest BCUT2D eigenvalue weighted by Gasteiger charge is 2.26. The zero-order valence-electron chi connectivity index (χ0n) is 22.6. The molecule has 0 aliphatic carbocycles. The third-order valence-corrected chi connectivity index (χ3v) is 7.60. The van der Waals surface area contributed by atoms with Crippen molar-refractivity contribution in [1.29, 1.82) is 0 Å². The molecule has 0 radical (unpaired) electrons. The van der Waals surface area contributed by atoms with E-state index in [4.69, 9.17) is 11.6 Å². The Morgan fingerprint density at radius 3 is 2.37 bits per heavy atom. The van der Waals surface area contributed by atoms with Gasteiger partial charge >= 0.3 is 0 Å². The number of rotatable bonds is 4. The lowest BCUT2D eigenvalue weighted by molar-refractivity contribution is 0.0674. The molecule has 1 fully saturated rings. The first-order chi connectivity index (χ1) is 19.8. The summed E-state index contributed by atoms with van der Waals surface area (Å²) in [6, 6.07) is 18.7. The summed E-state index contributed by atoms with van der Waals surface area (Å²) in [6.45, 7) is 5.69. The number of fused-ring (bicyclic) bond motifs is 3. The molecule has 9 heteroatoms. The maximum absolute atomic E-state index is 14.8. The van der Waals surface area contributed by atoms with E-state index < -0.39 is 11.6 Å². The summed E-state index contributed by atoms with van der Waals surface area (Å²) < 4.78 is 29.6. The Hall–Kier alpha value is -4.14. The van der Waals surface area contributed by atoms with Crippen LogP contribution in [0.15, 0.2) is 77.9 Å². The predicted octanol–water partition coefficient (Wildman–Crippen LogP) is 6.60. The van der Waals surface area contributed by atoms with E-state index in [1.807, 2.05) is 41.3 Å². The highest BCUT2D eigenvalue weighted by molar-refractivity contribution is 6.31. The highest BCUT2D eigenvalue weighted by Crippen LogP contribution is 2.36. The van der Waals surface area contributed by atoms with Crippen LogP contribution in [0, 0.1) is 11.6 Å². The molecular formula is C32H28ClF2N5O. The van der Waals surface area contributed by atoms with Crippen molar-refractivity contribution in [3.8, 4) is 11.1 Å². The van der Waals surface area contributed by atoms with Gasteiger partial charge in [0.15, 0.2) is 0 Å². The summed E-state index contributed by atoms with van der Waals surface area (Å²) in [4.78, 5) is 24.1. The van der Waals surface area contributed by atoms with Crippen LogP contribution in [0.25, 0.3) is 11.1 Å². The van der Waals surface area contributed by atoms with Crippen LogP contribution >= 0.6 is 11.6 Å². The Morgan fingerprint density at radius 2 is 1.66 bits per heavy atom. The van der Waals surface area contributed by atoms with Crippen molar-refractivity contribution >= 4 is 34.7 Å². The number of nitrogens with zero attached hydrogens (tertiary/aromatic N) is 3. The molecule has 3 aromatic carbocycles. The topological polar surface area (TPSA) is 69.6 Å². The molecule has 6 nitrogen and oxygen atoms in total. The number of pyridine rings is 1. The van der Waals surface area contributed by atoms with Gasteiger partial charge in [-0.2, -0.15) is 0 Å². The average Bonchev–Trinajstić information content (AvgIpc) is 3.09. The molecule has 2 aliphatic heterocycles. The van der Waals surface area contributed by atoms with Crippen molar-refractivity contribution in [2.24, 2.45) is 4.99 Å². The van der Waals surface area contributed by atoms with Gasteiger partial charge in [-0.1, -0.05) is 23.7 Å². The monoisotopic (exact) mass is 571 g/mol. The molecular weight excluding hydrogens is 544 g/mol. The highest BCUT2D eigenvalue weighted by atomic mass is 35.5. The molecule has 6 rings (SSSR count). The molecule has 1 amide bonds. The van der Waals surface area contributed by atoms with E-state index in [0.29, 0.717) is 35.1 Å². The second-order valence-electron chi connectivity index (χ2n) is 10.6. The molecule has 2 unspecified atom stereocenters. The normalized spacial score (nSPS) is 18.2. The number of hydrogen-bond acceptors (Lipinski definition) is 5. The second-order valence-corrected chi connectivity index (χ2v) is 11.0. The lowest BCUT2D eigenvalue weighted by Gasteiger charge is -2.36. The molecule has 1 aromatic heterocycles. The molecule has 3 heterocycles. The molecule has 208 valence electrons. The second kappa shape index (κ2) is 11.0. The Bertz CT molecular complexity index is 1640. The van der Waals surface area contributed by atoms with Gasteiger partial charge in [-0.3, -0.25) is 9.79 Å². The fourth-order valence-electron chi connectivity index (χ4n) is 5.58. The minimum Gasteiger partial charge on any atom is -0.340 e. The molecule has 0 saturated carbocycles. The molecule has 4 aromatic rings. The molecule has 0 bridgehead atoms. The fourth-order valence-corrected chi connectivity index (χ4v) is 5.75. The van der Waals surface area contributed by atoms with E-state index in [1.165, 1.54) is 18.2 Å². The lowest BCUT2D eigenvalue weighted by atomic mass is 9.92. The Kier molecular flexibility index (Phi) is 7.28. The third kappa shape index (κ3) is 5.45. The van der Waals surface area contributed by atoms with E-state index in [-0.39, 0.29) is 35.8 Å². The van der Waals surface area contributed by atoms with E-state index in [0.717, 1.165) is 22.4 Å². The SMILES string of the molecule is CC1CN(C(=O)c2ccc(Nc3cc4c(cn3)CN=C(c3c(F)cccc3F)c3cc(Cl)ccc3-4)cc2)CC(C)N1. The lowest BCUT2D eigenvalue weighted by Crippen LogP contribution is -2.55. The average molecular weight is 572 g/mol. The maximum Gasteiger partial charge on any atom is 0.253 e. The number of hydrogen-bond donors (Lipinski definition) is 2. The minimum atomic E-state index is -0.691. The Balaban J connectivity index is 1.29. The zero-order chi connectivity index (χ0) is 28.7. The van der Waals surface area contributed by atoms with E-state index in [9.17, 15) is 13.6 Å². The van der Waals surface area contributed by atoms with Gasteiger partial charge in [0.05, 0.1) is 17.8 Å². The predicted molar refractivity (Wildman–Crippen MR) is 158 cm³/mol. The number of carbonyl (C=O) groups is 1. The van der Waals surface area contributed by atoms with Crippen molar-refractivity contribution in [3.63, 3.8) is 0 Å². The molecule has 2 atom stereocenters. The molecule has 2 N–H and O–H groups in total. The van der Waals surface area contributed by atoms with Gasteiger partial charge in [-0.25, -0.2) is 13.8 Å². The van der Waals surface area contributed by atoms with Crippen LogP contribution in [0.5, 0.6) is 0 Å². The number of nitrogens with one attached hydrogen (secondary N) is 2.